The molecule has 166 valence electrons. The second kappa shape index (κ2) is 9.48. The Morgan fingerprint density at radius 1 is 0.788 bits per heavy atom. The monoisotopic (exact) mass is 499 g/mol. The first kappa shape index (κ1) is 21.8. The number of hydrogen-bond acceptors (Lipinski definition) is 3. The highest BCUT2D eigenvalue weighted by molar-refractivity contribution is 9.10. The Bertz CT molecular complexity index is 1180. The number of rotatable bonds is 4. The largest absolute Gasteiger partial charge is 0.653 e. The van der Waals surface area contributed by atoms with Crippen LogP contribution in [0.4, 0.5) is 5.69 Å². The van der Waals surface area contributed by atoms with Crippen molar-refractivity contribution in [1.82, 2.24) is 0 Å². The van der Waals surface area contributed by atoms with Crippen molar-refractivity contribution in [2.45, 2.75) is 32.6 Å². The van der Waals surface area contributed by atoms with Crippen LogP contribution in [0, 0.1) is 0 Å². The summed E-state index contributed by atoms with van der Waals surface area (Å²) in [5.41, 5.74) is 5.31. The van der Waals surface area contributed by atoms with E-state index in [1.54, 1.807) is 0 Å². The molecule has 0 unspecified atom stereocenters. The minimum Gasteiger partial charge on any atom is -0.653 e. The summed E-state index contributed by atoms with van der Waals surface area (Å²) in [7, 11) is 0. The molecule has 5 rings (SSSR count). The van der Waals surface area contributed by atoms with Gasteiger partial charge in [0.25, 0.3) is 0 Å². The van der Waals surface area contributed by atoms with E-state index in [2.05, 4.69) is 86.2 Å². The molecule has 33 heavy (non-hydrogen) atoms. The third-order valence-corrected chi connectivity index (χ3v) is 7.18. The molecule has 0 spiro atoms. The van der Waals surface area contributed by atoms with E-state index in [0.717, 1.165) is 47.4 Å². The second-order valence-corrected chi connectivity index (χ2v) is 9.63. The van der Waals surface area contributed by atoms with Crippen LogP contribution in [0.25, 0.3) is 0 Å². The molecule has 0 amide bonds. The van der Waals surface area contributed by atoms with Gasteiger partial charge in [0.1, 0.15) is 0 Å². The van der Waals surface area contributed by atoms with Gasteiger partial charge in [0.2, 0.25) is 0 Å². The van der Waals surface area contributed by atoms with Gasteiger partial charge in [-0.3, -0.25) is 0 Å². The lowest BCUT2D eigenvalue weighted by Crippen LogP contribution is -2.71. The summed E-state index contributed by atoms with van der Waals surface area (Å²) in [6.45, 7) is 1.35. The standard InChI is InChI=1S/C27H27BBrN3O/c1-21-27(31-30-25-18-16-24(29)17-19-25)26-15-9-4-10-20-32(26)28(33-21,22-11-5-2-6-12-22)23-13-7-3-8-14-23/h2-3,5-8,11-14,16-19H,4,9-10,15,20H2,1H3. The first-order chi connectivity index (χ1) is 16.2. The molecule has 3 aromatic rings. The van der Waals surface area contributed by atoms with Gasteiger partial charge in [0, 0.05) is 17.3 Å². The summed E-state index contributed by atoms with van der Waals surface area (Å²) < 4.78 is 10.5. The minimum atomic E-state index is -1.62. The van der Waals surface area contributed by atoms with E-state index in [-0.39, 0.29) is 0 Å². The molecule has 0 bridgehead atoms. The predicted molar refractivity (Wildman–Crippen MR) is 139 cm³/mol. The molecule has 0 radical (unpaired) electrons. The van der Waals surface area contributed by atoms with Crippen molar-refractivity contribution >= 4 is 44.7 Å². The van der Waals surface area contributed by atoms with Crippen molar-refractivity contribution in [3.63, 3.8) is 0 Å². The van der Waals surface area contributed by atoms with Crippen LogP contribution in [0.15, 0.2) is 111 Å². The fourth-order valence-corrected chi connectivity index (χ4v) is 5.39. The van der Waals surface area contributed by atoms with Crippen LogP contribution >= 0.6 is 15.9 Å². The highest BCUT2D eigenvalue weighted by Crippen LogP contribution is 2.30. The fourth-order valence-electron chi connectivity index (χ4n) is 5.12. The fraction of sp³-hybridized carbons (Fsp3) is 0.222. The Morgan fingerprint density at radius 2 is 1.42 bits per heavy atom. The zero-order valence-corrected chi connectivity index (χ0v) is 20.4. The van der Waals surface area contributed by atoms with E-state index < -0.39 is 6.48 Å². The van der Waals surface area contributed by atoms with Crippen molar-refractivity contribution in [1.29, 1.82) is 0 Å². The second-order valence-electron chi connectivity index (χ2n) is 8.71. The van der Waals surface area contributed by atoms with Crippen LogP contribution in [0.3, 0.4) is 0 Å². The first-order valence-electron chi connectivity index (χ1n) is 11.6. The molecule has 0 saturated heterocycles. The minimum absolute atomic E-state index is 0.827. The van der Waals surface area contributed by atoms with Crippen LogP contribution in [0.2, 0.25) is 0 Å². The molecule has 6 heteroatoms. The van der Waals surface area contributed by atoms with Crippen LogP contribution in [0.5, 0.6) is 0 Å². The van der Waals surface area contributed by atoms with Gasteiger partial charge in [0.15, 0.2) is 11.4 Å². The van der Waals surface area contributed by atoms with Crippen LogP contribution in [-0.4, -0.2) is 23.2 Å². The highest BCUT2D eigenvalue weighted by Gasteiger charge is 2.50. The van der Waals surface area contributed by atoms with Crippen LogP contribution < -0.4 is 10.9 Å². The predicted octanol–water partition coefficient (Wildman–Crippen LogP) is 6.08. The quantitative estimate of drug-likeness (QED) is 0.316. The Morgan fingerprint density at radius 3 is 2.06 bits per heavy atom. The molecule has 0 aliphatic carbocycles. The maximum Gasteiger partial charge on any atom is 0.508 e. The van der Waals surface area contributed by atoms with E-state index in [9.17, 15) is 0 Å². The van der Waals surface area contributed by atoms with Gasteiger partial charge in [-0.15, -0.1) is 5.11 Å². The summed E-state index contributed by atoms with van der Waals surface area (Å²) in [6, 6.07) is 29.2. The van der Waals surface area contributed by atoms with Crippen molar-refractivity contribution < 1.29 is 9.14 Å². The van der Waals surface area contributed by atoms with Gasteiger partial charge in [0.05, 0.1) is 18.0 Å². The molecule has 4 nitrogen and oxygen atoms in total. The molecule has 0 saturated carbocycles. The van der Waals surface area contributed by atoms with Gasteiger partial charge in [-0.1, -0.05) is 87.5 Å². The van der Waals surface area contributed by atoms with Gasteiger partial charge in [-0.25, -0.2) is 0 Å². The number of halogens is 1. The molecular weight excluding hydrogens is 473 g/mol. The average Bonchev–Trinajstić information content (AvgIpc) is 3.12. The lowest BCUT2D eigenvalue weighted by Gasteiger charge is -2.43. The van der Waals surface area contributed by atoms with Crippen LogP contribution in [-0.2, 0) is 4.65 Å². The molecule has 0 N–H and O–H groups in total. The molecule has 2 aliphatic heterocycles. The smallest absolute Gasteiger partial charge is 0.508 e. The van der Waals surface area contributed by atoms with Crippen LogP contribution in [0.1, 0.15) is 32.6 Å². The van der Waals surface area contributed by atoms with E-state index >= 15 is 0 Å². The van der Waals surface area contributed by atoms with E-state index in [4.69, 9.17) is 9.77 Å². The zero-order valence-electron chi connectivity index (χ0n) is 18.8. The third-order valence-electron chi connectivity index (χ3n) is 6.65. The molecule has 0 fully saturated rings. The lowest BCUT2D eigenvalue weighted by molar-refractivity contribution is -0.413. The Kier molecular flexibility index (Phi) is 6.27. The average molecular weight is 500 g/mol. The SMILES string of the molecule is CC1=C(N=Nc2ccc(Br)cc2)C2=[N+](CCCCC2)[B-](c2ccccc2)(c2ccccc2)O1. The summed E-state index contributed by atoms with van der Waals surface area (Å²) in [4.78, 5) is 0. The number of azo groups is 1. The summed E-state index contributed by atoms with van der Waals surface area (Å²) in [5, 5.41) is 9.30. The highest BCUT2D eigenvalue weighted by atomic mass is 79.9. The van der Waals surface area contributed by atoms with E-state index in [0.29, 0.717) is 0 Å². The Labute approximate surface area is 203 Å². The summed E-state index contributed by atoms with van der Waals surface area (Å²) >= 11 is 3.48. The summed E-state index contributed by atoms with van der Waals surface area (Å²) in [6.07, 6.45) is 4.45. The number of benzene rings is 3. The van der Waals surface area contributed by atoms with Gasteiger partial charge < -0.3 is 9.14 Å². The molecule has 2 aliphatic rings. The molecule has 2 heterocycles. The normalized spacial score (nSPS) is 18.1. The maximum atomic E-state index is 6.98. The number of hydrogen-bond donors (Lipinski definition) is 0. The molecule has 0 aromatic heterocycles. The first-order valence-corrected chi connectivity index (χ1v) is 12.4. The van der Waals surface area contributed by atoms with Crippen molar-refractivity contribution in [2.24, 2.45) is 10.2 Å². The van der Waals surface area contributed by atoms with Gasteiger partial charge in [-0.05, 0) is 44.0 Å². The Hall–Kier alpha value is -2.99. The summed E-state index contributed by atoms with van der Waals surface area (Å²) in [5.74, 6) is 0.830. The van der Waals surface area contributed by atoms with E-state index in [1.807, 2.05) is 31.2 Å². The van der Waals surface area contributed by atoms with Crippen molar-refractivity contribution in [3.8, 4) is 0 Å². The maximum absolute atomic E-state index is 6.98. The topological polar surface area (TPSA) is 37.0 Å². The Balaban J connectivity index is 1.69. The molecule has 3 aromatic carbocycles. The van der Waals surface area contributed by atoms with Gasteiger partial charge >= 0.3 is 6.48 Å². The molecular formula is C27H27BBrN3O. The van der Waals surface area contributed by atoms with Gasteiger partial charge in [-0.2, -0.15) is 5.11 Å². The molecule has 0 atom stereocenters. The zero-order chi connectivity index (χ0) is 22.7. The van der Waals surface area contributed by atoms with Crippen molar-refractivity contribution in [3.05, 3.63) is 101 Å². The number of allylic oxidation sites excluding steroid dienone is 2. The third kappa shape index (κ3) is 4.20. The lowest BCUT2D eigenvalue weighted by atomic mass is 9.40. The van der Waals surface area contributed by atoms with E-state index in [1.165, 1.54) is 23.1 Å². The number of nitrogens with zero attached hydrogens (tertiary/aromatic N) is 3. The van der Waals surface area contributed by atoms with Crippen molar-refractivity contribution in [2.75, 3.05) is 6.54 Å².